The highest BCUT2D eigenvalue weighted by Gasteiger charge is 2.29. The molecule has 0 spiro atoms. The molecule has 0 aliphatic carbocycles. The van der Waals surface area contributed by atoms with Crippen molar-refractivity contribution < 1.29 is 4.79 Å². The van der Waals surface area contributed by atoms with Crippen LogP contribution < -0.4 is 5.56 Å². The smallest absolute Gasteiger partial charge is 0.262 e. The van der Waals surface area contributed by atoms with Crippen LogP contribution in [0, 0.1) is 0 Å². The predicted octanol–water partition coefficient (Wildman–Crippen LogP) is 4.25. The highest BCUT2D eigenvalue weighted by molar-refractivity contribution is 7.99. The number of benzene rings is 1. The highest BCUT2D eigenvalue weighted by Crippen LogP contribution is 2.26. The number of para-hydroxylation sites is 1. The van der Waals surface area contributed by atoms with Gasteiger partial charge in [0.15, 0.2) is 5.16 Å². The van der Waals surface area contributed by atoms with Crippen LogP contribution in [-0.4, -0.2) is 38.2 Å². The van der Waals surface area contributed by atoms with Gasteiger partial charge in [0.05, 0.1) is 16.7 Å². The van der Waals surface area contributed by atoms with E-state index in [0.717, 1.165) is 19.3 Å². The van der Waals surface area contributed by atoms with Crippen LogP contribution in [0.1, 0.15) is 59.4 Å². The zero-order valence-electron chi connectivity index (χ0n) is 16.6. The van der Waals surface area contributed by atoms with Gasteiger partial charge in [0.1, 0.15) is 0 Å². The summed E-state index contributed by atoms with van der Waals surface area (Å²) in [7, 11) is 0. The number of likely N-dealkylation sites (tertiary alicyclic amines) is 1. The molecule has 0 unspecified atom stereocenters. The molecule has 0 N–H and O–H groups in total. The van der Waals surface area contributed by atoms with Crippen molar-refractivity contribution in [2.24, 2.45) is 0 Å². The number of thioether (sulfide) groups is 1. The van der Waals surface area contributed by atoms with Gasteiger partial charge >= 0.3 is 0 Å². The van der Waals surface area contributed by atoms with E-state index in [0.29, 0.717) is 21.8 Å². The maximum atomic E-state index is 13.0. The average molecular weight is 388 g/mol. The van der Waals surface area contributed by atoms with Gasteiger partial charge in [-0.3, -0.25) is 14.2 Å². The molecule has 5 nitrogen and oxygen atoms in total. The van der Waals surface area contributed by atoms with E-state index in [1.165, 1.54) is 18.2 Å². The lowest BCUT2D eigenvalue weighted by molar-refractivity contribution is -0.134. The Kier molecular flexibility index (Phi) is 6.25. The van der Waals surface area contributed by atoms with Gasteiger partial charge in [-0.05, 0) is 58.6 Å². The van der Waals surface area contributed by atoms with Gasteiger partial charge in [0.25, 0.3) is 5.56 Å². The number of amides is 1. The first-order valence-corrected chi connectivity index (χ1v) is 10.9. The molecule has 0 radical (unpaired) electrons. The lowest BCUT2D eigenvalue weighted by Crippen LogP contribution is -2.48. The summed E-state index contributed by atoms with van der Waals surface area (Å²) in [5, 5.41) is 1.27. The third kappa shape index (κ3) is 4.05. The number of fused-ring (bicyclic) bond motifs is 1. The Morgan fingerprint density at radius 3 is 2.59 bits per heavy atom. The van der Waals surface area contributed by atoms with Gasteiger partial charge in [0, 0.05) is 18.1 Å². The van der Waals surface area contributed by atoms with E-state index >= 15 is 0 Å². The standard InChI is InChI=1S/C21H29N3O2S/c1-5-14(2)24-20(26)17-11-6-7-12-18(17)22-21(24)27-13-19(25)23-15(3)9-8-10-16(23)4/h6-7,11-12,14-16H,5,8-10,13H2,1-4H3/t14-,15-,16-/m0/s1. The first-order valence-electron chi connectivity index (χ1n) is 9.89. The second-order valence-corrected chi connectivity index (χ2v) is 8.51. The van der Waals surface area contributed by atoms with E-state index in [-0.39, 0.29) is 29.6 Å². The summed E-state index contributed by atoms with van der Waals surface area (Å²) in [6.07, 6.45) is 4.14. The first kappa shape index (κ1) is 19.9. The second-order valence-electron chi connectivity index (χ2n) is 7.56. The van der Waals surface area contributed by atoms with E-state index in [2.05, 4.69) is 20.8 Å². The van der Waals surface area contributed by atoms with E-state index in [4.69, 9.17) is 4.98 Å². The summed E-state index contributed by atoms with van der Waals surface area (Å²) in [6.45, 7) is 8.34. The van der Waals surface area contributed by atoms with E-state index in [9.17, 15) is 9.59 Å². The topological polar surface area (TPSA) is 55.2 Å². The number of nitrogens with zero attached hydrogens (tertiary/aromatic N) is 3. The van der Waals surface area contributed by atoms with Crippen LogP contribution in [0.5, 0.6) is 0 Å². The molecular weight excluding hydrogens is 358 g/mol. The van der Waals surface area contributed by atoms with Crippen molar-refractivity contribution in [3.63, 3.8) is 0 Å². The molecule has 27 heavy (non-hydrogen) atoms. The Hall–Kier alpha value is -1.82. The zero-order valence-corrected chi connectivity index (χ0v) is 17.5. The molecule has 1 amide bonds. The molecular formula is C21H29N3O2S. The fourth-order valence-corrected chi connectivity index (χ4v) is 4.88. The van der Waals surface area contributed by atoms with E-state index < -0.39 is 0 Å². The van der Waals surface area contributed by atoms with Crippen LogP contribution in [0.3, 0.4) is 0 Å². The molecule has 0 bridgehead atoms. The van der Waals surface area contributed by atoms with E-state index in [1.54, 1.807) is 4.57 Å². The monoisotopic (exact) mass is 387 g/mol. The minimum Gasteiger partial charge on any atom is -0.337 e. The van der Waals surface area contributed by atoms with Crippen LogP contribution in [0.15, 0.2) is 34.2 Å². The van der Waals surface area contributed by atoms with Gasteiger partial charge < -0.3 is 4.90 Å². The number of rotatable bonds is 5. The van der Waals surface area contributed by atoms with Crippen molar-refractivity contribution in [2.45, 2.75) is 76.7 Å². The molecule has 1 fully saturated rings. The first-order chi connectivity index (χ1) is 12.9. The largest absolute Gasteiger partial charge is 0.337 e. The second kappa shape index (κ2) is 8.46. The summed E-state index contributed by atoms with van der Waals surface area (Å²) in [5.74, 6) is 0.452. The van der Waals surface area contributed by atoms with Crippen molar-refractivity contribution in [1.29, 1.82) is 0 Å². The van der Waals surface area contributed by atoms with Crippen LogP contribution in [0.2, 0.25) is 0 Å². The third-order valence-electron chi connectivity index (χ3n) is 5.61. The normalized spacial score (nSPS) is 21.4. The Labute approximate surface area is 165 Å². The fraction of sp³-hybridized carbons (Fsp3) is 0.571. The summed E-state index contributed by atoms with van der Waals surface area (Å²) < 4.78 is 1.75. The van der Waals surface area contributed by atoms with Crippen LogP contribution in [-0.2, 0) is 4.79 Å². The molecule has 1 aromatic heterocycles. The van der Waals surface area contributed by atoms with Gasteiger partial charge in [-0.1, -0.05) is 30.8 Å². The van der Waals surface area contributed by atoms with Crippen molar-refractivity contribution in [3.8, 4) is 0 Å². The molecule has 3 atom stereocenters. The van der Waals surface area contributed by atoms with E-state index in [1.807, 2.05) is 36.1 Å². The number of hydrogen-bond donors (Lipinski definition) is 0. The Bertz CT molecular complexity index is 869. The third-order valence-corrected chi connectivity index (χ3v) is 6.55. The van der Waals surface area contributed by atoms with Crippen molar-refractivity contribution in [3.05, 3.63) is 34.6 Å². The maximum absolute atomic E-state index is 13.0. The molecule has 1 saturated heterocycles. The highest BCUT2D eigenvalue weighted by atomic mass is 32.2. The quantitative estimate of drug-likeness (QED) is 0.568. The number of hydrogen-bond acceptors (Lipinski definition) is 4. The van der Waals surface area contributed by atoms with Crippen molar-refractivity contribution in [2.75, 3.05) is 5.75 Å². The predicted molar refractivity (Wildman–Crippen MR) is 111 cm³/mol. The summed E-state index contributed by atoms with van der Waals surface area (Å²) >= 11 is 1.39. The van der Waals surface area contributed by atoms with Crippen LogP contribution in [0.4, 0.5) is 0 Å². The molecule has 0 saturated carbocycles. The average Bonchev–Trinajstić information content (AvgIpc) is 2.66. The Balaban J connectivity index is 1.89. The van der Waals surface area contributed by atoms with Crippen molar-refractivity contribution in [1.82, 2.24) is 14.5 Å². The van der Waals surface area contributed by atoms with Gasteiger partial charge in [-0.15, -0.1) is 0 Å². The summed E-state index contributed by atoms with van der Waals surface area (Å²) in [6, 6.07) is 8.03. The van der Waals surface area contributed by atoms with Gasteiger partial charge in [-0.2, -0.15) is 0 Å². The summed E-state index contributed by atoms with van der Waals surface area (Å²) in [4.78, 5) is 32.6. The fourth-order valence-electron chi connectivity index (χ4n) is 3.91. The number of carbonyl (C=O) groups is 1. The number of piperidine rings is 1. The molecule has 6 heteroatoms. The lowest BCUT2D eigenvalue weighted by atomic mass is 9.98. The minimum atomic E-state index is -0.0235. The molecule has 3 rings (SSSR count). The van der Waals surface area contributed by atoms with Crippen molar-refractivity contribution >= 4 is 28.6 Å². The molecule has 1 aromatic carbocycles. The molecule has 2 aromatic rings. The zero-order chi connectivity index (χ0) is 19.6. The number of carbonyl (C=O) groups excluding carboxylic acids is 1. The maximum Gasteiger partial charge on any atom is 0.262 e. The van der Waals surface area contributed by atoms with Gasteiger partial charge in [-0.25, -0.2) is 4.98 Å². The molecule has 2 heterocycles. The molecule has 1 aliphatic heterocycles. The molecule has 146 valence electrons. The number of aromatic nitrogens is 2. The lowest BCUT2D eigenvalue weighted by Gasteiger charge is -2.39. The van der Waals surface area contributed by atoms with Crippen LogP contribution >= 0.6 is 11.8 Å². The SMILES string of the molecule is CC[C@H](C)n1c(SCC(=O)N2[C@@H](C)CCC[C@@H]2C)nc2ccccc2c1=O. The Morgan fingerprint density at radius 1 is 1.26 bits per heavy atom. The minimum absolute atomic E-state index is 0.0235. The molecule has 1 aliphatic rings. The van der Waals surface area contributed by atoms with Gasteiger partial charge in [0.2, 0.25) is 5.91 Å². The Morgan fingerprint density at radius 2 is 1.93 bits per heavy atom. The van der Waals surface area contributed by atoms with Crippen LogP contribution in [0.25, 0.3) is 10.9 Å². The summed E-state index contributed by atoms with van der Waals surface area (Å²) in [5.41, 5.74) is 0.668.